The Morgan fingerprint density at radius 2 is 1.69 bits per heavy atom. The Morgan fingerprint density at radius 3 is 2.39 bits per heavy atom. The number of esters is 1. The summed E-state index contributed by atoms with van der Waals surface area (Å²) in [5.41, 5.74) is -0.453. The normalized spacial score (nSPS) is 20.3. The summed E-state index contributed by atoms with van der Waals surface area (Å²) in [5.74, 6) is -3.35. The van der Waals surface area contributed by atoms with Crippen molar-refractivity contribution in [1.82, 2.24) is 5.32 Å². The summed E-state index contributed by atoms with van der Waals surface area (Å²) < 4.78 is 48.0. The summed E-state index contributed by atoms with van der Waals surface area (Å²) in [6.45, 7) is 10.8. The van der Waals surface area contributed by atoms with Crippen molar-refractivity contribution >= 4 is 58.5 Å². The number of hydrogen-bond acceptors (Lipinski definition) is 11. The quantitative estimate of drug-likeness (QED) is 0.0682. The fourth-order valence-corrected chi connectivity index (χ4v) is 8.01. The molecule has 1 spiro atoms. The van der Waals surface area contributed by atoms with Crippen LogP contribution in [0.5, 0.6) is 5.75 Å². The Bertz CT molecular complexity index is 2010. The predicted molar refractivity (Wildman–Crippen MR) is 221 cm³/mol. The highest BCUT2D eigenvalue weighted by molar-refractivity contribution is 6.31. The molecule has 0 radical (unpaired) electrons. The Morgan fingerprint density at radius 1 is 0.949 bits per heavy atom. The number of ether oxygens (including phenoxy) is 6. The standard InChI is InChI=1S/C43H52Cl2FN3O10/c1-24(2)11-16-34(59-41(53)57-20-19-56-18-17-54-6)58-39(51)25-12-15-30(32(21-25)55-7)47-38(50)37-35(27-9-8-10-29(45)36(27)46)43(33(49-37)23-42(3,4)5)28-14-13-26(44)22-31(28)48-40(43)52/h8-10,12-15,21-22,24,33-35,37,49H,11,16-20,23H2,1-7H3,(H,47,50)(H,48,52)/t33-,34?,35-,37+,43?/m0/s1. The lowest BCUT2D eigenvalue weighted by atomic mass is 9.62. The SMILES string of the molecule is COCCOCCOC(=O)OC(CCC(C)C)OC(=O)c1ccc(NC(=O)[C@@H]2N[C@@H](CC(C)(C)C)C3(C(=O)Nc4cc(Cl)ccc43)[C@H]2c2cccc(Cl)c2F)c(OC)c1. The molecule has 3 aromatic carbocycles. The third-order valence-electron chi connectivity index (χ3n) is 10.2. The van der Waals surface area contributed by atoms with Gasteiger partial charge >= 0.3 is 12.1 Å². The molecule has 5 rings (SSSR count). The van der Waals surface area contributed by atoms with Crippen LogP contribution >= 0.6 is 23.2 Å². The third-order valence-corrected chi connectivity index (χ3v) is 10.8. The van der Waals surface area contributed by atoms with Crippen LogP contribution in [0.3, 0.4) is 0 Å². The number of fused-ring (bicyclic) bond motifs is 2. The first kappa shape index (κ1) is 45.6. The van der Waals surface area contributed by atoms with E-state index in [-0.39, 0.29) is 58.6 Å². The van der Waals surface area contributed by atoms with Gasteiger partial charge in [0.15, 0.2) is 0 Å². The number of amides is 2. The van der Waals surface area contributed by atoms with Crippen molar-refractivity contribution in [2.24, 2.45) is 11.3 Å². The molecule has 0 saturated carbocycles. The van der Waals surface area contributed by atoms with E-state index in [2.05, 4.69) is 16.0 Å². The number of carbonyl (C=O) groups is 4. The van der Waals surface area contributed by atoms with Crippen LogP contribution in [0.1, 0.15) is 81.3 Å². The zero-order valence-electron chi connectivity index (χ0n) is 34.2. The van der Waals surface area contributed by atoms with Crippen LogP contribution in [-0.4, -0.2) is 83.0 Å². The molecule has 3 aromatic rings. The molecule has 16 heteroatoms. The maximum atomic E-state index is 16.2. The highest BCUT2D eigenvalue weighted by atomic mass is 35.5. The molecular weight excluding hydrogens is 808 g/mol. The van der Waals surface area contributed by atoms with Crippen LogP contribution < -0.4 is 20.7 Å². The molecule has 2 aliphatic rings. The topological polar surface area (TPSA) is 160 Å². The molecule has 3 N–H and O–H groups in total. The van der Waals surface area contributed by atoms with Crippen molar-refractivity contribution in [1.29, 1.82) is 0 Å². The summed E-state index contributed by atoms with van der Waals surface area (Å²) in [7, 11) is 2.91. The van der Waals surface area contributed by atoms with Crippen molar-refractivity contribution in [3.8, 4) is 5.75 Å². The molecule has 1 fully saturated rings. The molecular formula is C43H52Cl2FN3O10. The van der Waals surface area contributed by atoms with E-state index < -0.39 is 59.5 Å². The maximum absolute atomic E-state index is 16.2. The molecule has 2 unspecified atom stereocenters. The summed E-state index contributed by atoms with van der Waals surface area (Å²) >= 11 is 12.7. The van der Waals surface area contributed by atoms with Crippen LogP contribution in [0, 0.1) is 17.2 Å². The van der Waals surface area contributed by atoms with Crippen molar-refractivity contribution < 1.29 is 52.0 Å². The van der Waals surface area contributed by atoms with Gasteiger partial charge in [0, 0.05) is 36.2 Å². The number of anilines is 2. The fourth-order valence-electron chi connectivity index (χ4n) is 7.65. The molecule has 1 saturated heterocycles. The molecule has 0 aromatic heterocycles. The fraction of sp³-hybridized carbons (Fsp3) is 0.488. The molecule has 320 valence electrons. The predicted octanol–water partition coefficient (Wildman–Crippen LogP) is 8.27. The van der Waals surface area contributed by atoms with Gasteiger partial charge in [-0.3, -0.25) is 9.59 Å². The van der Waals surface area contributed by atoms with Gasteiger partial charge in [-0.25, -0.2) is 14.0 Å². The lowest BCUT2D eigenvalue weighted by Gasteiger charge is -2.37. The summed E-state index contributed by atoms with van der Waals surface area (Å²) in [4.78, 5) is 55.0. The number of hydrogen-bond donors (Lipinski definition) is 3. The Kier molecular flexibility index (Phi) is 15.3. The van der Waals surface area contributed by atoms with E-state index >= 15 is 4.39 Å². The highest BCUT2D eigenvalue weighted by Gasteiger charge is 2.66. The molecule has 0 bridgehead atoms. The second-order valence-electron chi connectivity index (χ2n) is 16.1. The first-order chi connectivity index (χ1) is 28.0. The smallest absolute Gasteiger partial charge is 0.495 e. The molecule has 2 amide bonds. The molecule has 2 aliphatic heterocycles. The van der Waals surface area contributed by atoms with E-state index in [0.717, 1.165) is 0 Å². The van der Waals surface area contributed by atoms with Crippen LogP contribution in [-0.2, 0) is 38.7 Å². The Balaban J connectivity index is 1.42. The average molecular weight is 861 g/mol. The van der Waals surface area contributed by atoms with E-state index in [1.165, 1.54) is 37.4 Å². The molecule has 2 heterocycles. The Labute approximate surface area is 353 Å². The van der Waals surface area contributed by atoms with E-state index in [0.29, 0.717) is 42.3 Å². The van der Waals surface area contributed by atoms with Gasteiger partial charge in [0.2, 0.25) is 11.8 Å². The van der Waals surface area contributed by atoms with E-state index in [4.69, 9.17) is 51.6 Å². The monoisotopic (exact) mass is 859 g/mol. The van der Waals surface area contributed by atoms with Crippen LogP contribution in [0.15, 0.2) is 54.6 Å². The van der Waals surface area contributed by atoms with Crippen molar-refractivity contribution in [2.45, 2.75) is 83.6 Å². The second-order valence-corrected chi connectivity index (χ2v) is 17.0. The number of carbonyl (C=O) groups excluding carboxylic acids is 4. The van der Waals surface area contributed by atoms with Gasteiger partial charge in [-0.05, 0) is 71.7 Å². The van der Waals surface area contributed by atoms with Crippen molar-refractivity contribution in [3.63, 3.8) is 0 Å². The molecule has 0 aliphatic carbocycles. The summed E-state index contributed by atoms with van der Waals surface area (Å²) in [6, 6.07) is 12.0. The van der Waals surface area contributed by atoms with Gasteiger partial charge in [-0.15, -0.1) is 0 Å². The number of benzene rings is 3. The van der Waals surface area contributed by atoms with Gasteiger partial charge in [-0.2, -0.15) is 0 Å². The van der Waals surface area contributed by atoms with Crippen molar-refractivity contribution in [3.05, 3.63) is 87.2 Å². The van der Waals surface area contributed by atoms with Crippen LogP contribution in [0.25, 0.3) is 0 Å². The van der Waals surface area contributed by atoms with Gasteiger partial charge in [0.1, 0.15) is 23.6 Å². The van der Waals surface area contributed by atoms with Gasteiger partial charge in [0.25, 0.3) is 6.29 Å². The largest absolute Gasteiger partial charge is 0.511 e. The minimum absolute atomic E-state index is 0.0397. The lowest BCUT2D eigenvalue weighted by molar-refractivity contribution is -0.122. The second kappa shape index (κ2) is 19.7. The number of halogens is 3. The number of methoxy groups -OCH3 is 2. The maximum Gasteiger partial charge on any atom is 0.511 e. The van der Waals surface area contributed by atoms with E-state index in [1.807, 2.05) is 34.6 Å². The van der Waals surface area contributed by atoms with Gasteiger partial charge in [-0.1, -0.05) is 76.0 Å². The Hall–Kier alpha value is -4.47. The third kappa shape index (κ3) is 10.6. The summed E-state index contributed by atoms with van der Waals surface area (Å²) in [6.07, 6.45) is -1.06. The molecule has 59 heavy (non-hydrogen) atoms. The zero-order chi connectivity index (χ0) is 43.1. The van der Waals surface area contributed by atoms with E-state index in [1.54, 1.807) is 31.4 Å². The van der Waals surface area contributed by atoms with Gasteiger partial charge < -0.3 is 44.4 Å². The van der Waals surface area contributed by atoms with Crippen LogP contribution in [0.4, 0.5) is 20.6 Å². The number of rotatable bonds is 17. The first-order valence-corrected chi connectivity index (χ1v) is 20.2. The molecule has 13 nitrogen and oxygen atoms in total. The zero-order valence-corrected chi connectivity index (χ0v) is 35.8. The molecule has 5 atom stereocenters. The minimum Gasteiger partial charge on any atom is -0.495 e. The first-order valence-electron chi connectivity index (χ1n) is 19.4. The lowest BCUT2D eigenvalue weighted by Crippen LogP contribution is -2.49. The number of nitrogens with one attached hydrogen (secondary N) is 3. The highest BCUT2D eigenvalue weighted by Crippen LogP contribution is 2.57. The minimum atomic E-state index is -1.46. The van der Waals surface area contributed by atoms with Crippen molar-refractivity contribution in [2.75, 3.05) is 51.3 Å². The van der Waals surface area contributed by atoms with Gasteiger partial charge in [0.05, 0.1) is 49.2 Å². The summed E-state index contributed by atoms with van der Waals surface area (Å²) in [5, 5.41) is 9.52. The van der Waals surface area contributed by atoms with E-state index in [9.17, 15) is 19.2 Å². The average Bonchev–Trinajstić information content (AvgIpc) is 3.65. The van der Waals surface area contributed by atoms with Crippen LogP contribution in [0.2, 0.25) is 10.0 Å².